The van der Waals surface area contributed by atoms with Gasteiger partial charge in [0.2, 0.25) is 0 Å². The first kappa shape index (κ1) is 19.6. The summed E-state index contributed by atoms with van der Waals surface area (Å²) < 4.78 is 20.9. The SMILES string of the molecule is COc1cccc2c1c1c(n2C)CCN(CCCC(=O)c2ccc(F)cc2)CC1. The Morgan fingerprint density at radius 1 is 1.10 bits per heavy atom. The molecule has 4 rings (SSSR count). The summed E-state index contributed by atoms with van der Waals surface area (Å²) in [6.07, 6.45) is 3.29. The Bertz CT molecular complexity index is 1020. The van der Waals surface area contributed by atoms with E-state index in [1.54, 1.807) is 19.2 Å². The molecule has 0 saturated heterocycles. The van der Waals surface area contributed by atoms with Crippen LogP contribution in [0.1, 0.15) is 34.5 Å². The lowest BCUT2D eigenvalue weighted by Crippen LogP contribution is -2.28. The molecule has 2 heterocycles. The van der Waals surface area contributed by atoms with E-state index >= 15 is 0 Å². The topological polar surface area (TPSA) is 34.5 Å². The fraction of sp³-hybridized carbons (Fsp3) is 0.375. The van der Waals surface area contributed by atoms with Gasteiger partial charge >= 0.3 is 0 Å². The molecule has 0 unspecified atom stereocenters. The predicted octanol–water partition coefficient (Wildman–Crippen LogP) is 4.39. The fourth-order valence-corrected chi connectivity index (χ4v) is 4.47. The standard InChI is InChI=1S/C24H27FN2O2/c1-26-20-13-16-27(14-4-6-22(28)17-8-10-18(25)11-9-17)15-12-19(20)24-21(26)5-3-7-23(24)29-2/h3,5,7-11H,4,6,12-16H2,1-2H3. The van der Waals surface area contributed by atoms with E-state index in [0.717, 1.165) is 44.6 Å². The molecule has 0 spiro atoms. The first-order chi connectivity index (χ1) is 14.1. The van der Waals surface area contributed by atoms with Crippen molar-refractivity contribution in [3.05, 3.63) is 65.1 Å². The number of nitrogens with zero attached hydrogens (tertiary/aromatic N) is 2. The van der Waals surface area contributed by atoms with Gasteiger partial charge in [0.1, 0.15) is 11.6 Å². The Kier molecular flexibility index (Phi) is 5.67. The van der Waals surface area contributed by atoms with Gasteiger partial charge in [-0.25, -0.2) is 4.39 Å². The number of rotatable bonds is 6. The number of carbonyl (C=O) groups is 1. The van der Waals surface area contributed by atoms with Gasteiger partial charge in [0.05, 0.1) is 12.6 Å². The second-order valence-corrected chi connectivity index (χ2v) is 7.71. The Hall–Kier alpha value is -2.66. The summed E-state index contributed by atoms with van der Waals surface area (Å²) in [4.78, 5) is 14.7. The van der Waals surface area contributed by atoms with E-state index < -0.39 is 0 Å². The van der Waals surface area contributed by atoms with Gasteiger partial charge in [-0.05, 0) is 61.3 Å². The number of aryl methyl sites for hydroxylation is 1. The Morgan fingerprint density at radius 2 is 1.86 bits per heavy atom. The van der Waals surface area contributed by atoms with E-state index in [2.05, 4.69) is 22.6 Å². The van der Waals surface area contributed by atoms with Crippen molar-refractivity contribution in [2.24, 2.45) is 7.05 Å². The van der Waals surface area contributed by atoms with Crippen LogP contribution in [0, 0.1) is 5.82 Å². The molecule has 0 saturated carbocycles. The summed E-state index contributed by atoms with van der Waals surface area (Å²) in [6, 6.07) is 12.1. The van der Waals surface area contributed by atoms with Crippen LogP contribution in [0.25, 0.3) is 10.9 Å². The average Bonchev–Trinajstić information content (AvgIpc) is 2.88. The summed E-state index contributed by atoms with van der Waals surface area (Å²) >= 11 is 0. The summed E-state index contributed by atoms with van der Waals surface area (Å²) in [6.45, 7) is 2.87. The lowest BCUT2D eigenvalue weighted by molar-refractivity contribution is 0.0975. The Balaban J connectivity index is 1.39. The molecule has 29 heavy (non-hydrogen) atoms. The van der Waals surface area contributed by atoms with Crippen LogP contribution >= 0.6 is 0 Å². The number of ether oxygens (including phenoxy) is 1. The van der Waals surface area contributed by atoms with Crippen molar-refractivity contribution in [2.45, 2.75) is 25.7 Å². The van der Waals surface area contributed by atoms with Gasteiger partial charge in [-0.3, -0.25) is 4.79 Å². The summed E-state index contributed by atoms with van der Waals surface area (Å²) in [5, 5.41) is 1.24. The van der Waals surface area contributed by atoms with Gasteiger partial charge in [0, 0.05) is 49.6 Å². The summed E-state index contributed by atoms with van der Waals surface area (Å²) in [7, 11) is 3.87. The van der Waals surface area contributed by atoms with E-state index in [-0.39, 0.29) is 11.6 Å². The molecule has 0 fully saturated rings. The zero-order valence-corrected chi connectivity index (χ0v) is 17.1. The molecule has 3 aromatic rings. The molecule has 0 amide bonds. The van der Waals surface area contributed by atoms with Crippen LogP contribution in [0.5, 0.6) is 5.75 Å². The number of benzene rings is 2. The fourth-order valence-electron chi connectivity index (χ4n) is 4.47. The zero-order valence-electron chi connectivity index (χ0n) is 17.1. The van der Waals surface area contributed by atoms with E-state index in [1.165, 1.54) is 34.3 Å². The number of ketones is 1. The molecule has 4 nitrogen and oxygen atoms in total. The van der Waals surface area contributed by atoms with Crippen LogP contribution < -0.4 is 4.74 Å². The summed E-state index contributed by atoms with van der Waals surface area (Å²) in [5.41, 5.74) is 4.60. The molecule has 5 heteroatoms. The molecule has 1 aromatic heterocycles. The monoisotopic (exact) mass is 394 g/mol. The number of carbonyl (C=O) groups excluding carboxylic acids is 1. The van der Waals surface area contributed by atoms with Crippen molar-refractivity contribution < 1.29 is 13.9 Å². The van der Waals surface area contributed by atoms with Gasteiger partial charge in [-0.2, -0.15) is 0 Å². The third-order valence-electron chi connectivity index (χ3n) is 6.03. The maximum Gasteiger partial charge on any atom is 0.162 e. The lowest BCUT2D eigenvalue weighted by Gasteiger charge is -2.19. The van der Waals surface area contributed by atoms with Crippen molar-refractivity contribution in [1.82, 2.24) is 9.47 Å². The second-order valence-electron chi connectivity index (χ2n) is 7.71. The molecule has 1 aliphatic heterocycles. The number of Topliss-reactive ketones (excluding diaryl/α,β-unsaturated/α-hetero) is 1. The minimum absolute atomic E-state index is 0.0823. The van der Waals surface area contributed by atoms with Crippen molar-refractivity contribution in [1.29, 1.82) is 0 Å². The van der Waals surface area contributed by atoms with Crippen LogP contribution in [0.2, 0.25) is 0 Å². The van der Waals surface area contributed by atoms with E-state index in [4.69, 9.17) is 4.74 Å². The minimum atomic E-state index is -0.310. The van der Waals surface area contributed by atoms with Crippen molar-refractivity contribution in [2.75, 3.05) is 26.7 Å². The molecule has 1 aliphatic rings. The number of aromatic nitrogens is 1. The maximum atomic E-state index is 13.0. The van der Waals surface area contributed by atoms with E-state index in [0.29, 0.717) is 12.0 Å². The average molecular weight is 394 g/mol. The van der Waals surface area contributed by atoms with Crippen LogP contribution in [-0.4, -0.2) is 42.0 Å². The smallest absolute Gasteiger partial charge is 0.162 e. The van der Waals surface area contributed by atoms with Crippen LogP contribution in [0.15, 0.2) is 42.5 Å². The van der Waals surface area contributed by atoms with Gasteiger partial charge in [-0.1, -0.05) is 6.07 Å². The molecule has 152 valence electrons. The van der Waals surface area contributed by atoms with Gasteiger partial charge in [0.25, 0.3) is 0 Å². The first-order valence-electron chi connectivity index (χ1n) is 10.2. The van der Waals surface area contributed by atoms with E-state index in [1.807, 2.05) is 12.1 Å². The van der Waals surface area contributed by atoms with E-state index in [9.17, 15) is 9.18 Å². The van der Waals surface area contributed by atoms with Crippen molar-refractivity contribution in [3.63, 3.8) is 0 Å². The van der Waals surface area contributed by atoms with Crippen molar-refractivity contribution >= 4 is 16.7 Å². The highest BCUT2D eigenvalue weighted by atomic mass is 19.1. The maximum absolute atomic E-state index is 13.0. The third kappa shape index (κ3) is 3.92. The third-order valence-corrected chi connectivity index (χ3v) is 6.03. The van der Waals surface area contributed by atoms with Gasteiger partial charge in [-0.15, -0.1) is 0 Å². The number of hydrogen-bond acceptors (Lipinski definition) is 3. The van der Waals surface area contributed by atoms with Gasteiger partial charge < -0.3 is 14.2 Å². The quantitative estimate of drug-likeness (QED) is 0.582. The first-order valence-corrected chi connectivity index (χ1v) is 10.2. The largest absolute Gasteiger partial charge is 0.496 e. The van der Waals surface area contributed by atoms with Crippen LogP contribution in [0.4, 0.5) is 4.39 Å². The van der Waals surface area contributed by atoms with Crippen molar-refractivity contribution in [3.8, 4) is 5.75 Å². The second kappa shape index (κ2) is 8.37. The highest BCUT2D eigenvalue weighted by molar-refractivity contribution is 5.96. The minimum Gasteiger partial charge on any atom is -0.496 e. The number of methoxy groups -OCH3 is 1. The lowest BCUT2D eigenvalue weighted by atomic mass is 10.1. The number of halogens is 1. The zero-order chi connectivity index (χ0) is 20.4. The molecular formula is C24H27FN2O2. The number of fused-ring (bicyclic) bond motifs is 3. The molecule has 0 atom stereocenters. The van der Waals surface area contributed by atoms with Crippen LogP contribution in [-0.2, 0) is 19.9 Å². The van der Waals surface area contributed by atoms with Gasteiger partial charge in [0.15, 0.2) is 5.78 Å². The molecular weight excluding hydrogens is 367 g/mol. The summed E-state index contributed by atoms with van der Waals surface area (Å²) in [5.74, 6) is 0.714. The number of hydrogen-bond donors (Lipinski definition) is 0. The highest BCUT2D eigenvalue weighted by Gasteiger charge is 2.22. The molecule has 0 aliphatic carbocycles. The predicted molar refractivity (Wildman–Crippen MR) is 113 cm³/mol. The highest BCUT2D eigenvalue weighted by Crippen LogP contribution is 2.34. The molecule has 0 bridgehead atoms. The molecule has 0 N–H and O–H groups in total. The molecule has 0 radical (unpaired) electrons. The molecule has 2 aromatic carbocycles. The normalized spacial score (nSPS) is 14.6. The Labute approximate surface area is 170 Å². The Morgan fingerprint density at radius 3 is 2.62 bits per heavy atom. The van der Waals surface area contributed by atoms with Crippen LogP contribution in [0.3, 0.4) is 0 Å².